The minimum absolute atomic E-state index is 0.0534. The van der Waals surface area contributed by atoms with Crippen molar-refractivity contribution in [3.63, 3.8) is 0 Å². The third kappa shape index (κ3) is 4.22. The molecule has 0 fully saturated rings. The van der Waals surface area contributed by atoms with Crippen molar-refractivity contribution in [3.05, 3.63) is 57.5 Å². The van der Waals surface area contributed by atoms with Crippen LogP contribution in [0.3, 0.4) is 0 Å². The van der Waals surface area contributed by atoms with Gasteiger partial charge in [-0.2, -0.15) is 0 Å². The summed E-state index contributed by atoms with van der Waals surface area (Å²) < 4.78 is 0.695. The Morgan fingerprint density at radius 1 is 1.29 bits per heavy atom. The summed E-state index contributed by atoms with van der Waals surface area (Å²) in [6.07, 6.45) is 0.392. The van der Waals surface area contributed by atoms with Crippen molar-refractivity contribution in [2.24, 2.45) is 0 Å². The van der Waals surface area contributed by atoms with Crippen LogP contribution >= 0.6 is 27.5 Å². The monoisotopic (exact) mass is 366 g/mol. The first-order valence-electron chi connectivity index (χ1n) is 6.56. The zero-order valence-electron chi connectivity index (χ0n) is 11.6. The molecule has 0 saturated heterocycles. The first-order valence-corrected chi connectivity index (χ1v) is 7.73. The molecule has 0 saturated carbocycles. The Bertz CT molecular complexity index is 643. The Morgan fingerprint density at radius 2 is 1.95 bits per heavy atom. The first kappa shape index (κ1) is 15.9. The molecule has 1 unspecified atom stereocenters. The number of nitrogens with two attached hydrogens (primary N) is 1. The van der Waals surface area contributed by atoms with Gasteiger partial charge in [0.25, 0.3) is 0 Å². The third-order valence-electron chi connectivity index (χ3n) is 3.22. The highest BCUT2D eigenvalue weighted by Crippen LogP contribution is 2.30. The fourth-order valence-electron chi connectivity index (χ4n) is 2.02. The van der Waals surface area contributed by atoms with E-state index in [4.69, 9.17) is 17.3 Å². The highest BCUT2D eigenvalue weighted by Gasteiger charge is 2.13. The van der Waals surface area contributed by atoms with Crippen molar-refractivity contribution < 1.29 is 4.79 Å². The molecule has 0 heterocycles. The standard InChI is InChI=1S/C16H16BrClN2O/c1-10(11-5-7-12(19)8-6-11)9-15(21)20-14-4-2-3-13(18)16(14)17/h2-8,10H,9,19H2,1H3,(H,20,21). The second kappa shape index (κ2) is 6.96. The molecule has 2 aromatic rings. The number of halogens is 2. The molecular formula is C16H16BrClN2O. The van der Waals surface area contributed by atoms with E-state index in [1.807, 2.05) is 37.3 Å². The van der Waals surface area contributed by atoms with E-state index in [1.54, 1.807) is 12.1 Å². The van der Waals surface area contributed by atoms with Crippen molar-refractivity contribution in [2.75, 3.05) is 11.1 Å². The van der Waals surface area contributed by atoms with Crippen LogP contribution in [0.5, 0.6) is 0 Å². The van der Waals surface area contributed by atoms with Gasteiger partial charge in [-0.15, -0.1) is 0 Å². The van der Waals surface area contributed by atoms with E-state index in [-0.39, 0.29) is 11.8 Å². The van der Waals surface area contributed by atoms with Gasteiger partial charge >= 0.3 is 0 Å². The molecule has 21 heavy (non-hydrogen) atoms. The summed E-state index contributed by atoms with van der Waals surface area (Å²) in [7, 11) is 0. The van der Waals surface area contributed by atoms with Gasteiger partial charge in [0.1, 0.15) is 0 Å². The highest BCUT2D eigenvalue weighted by atomic mass is 79.9. The molecule has 2 rings (SSSR count). The molecule has 110 valence electrons. The smallest absolute Gasteiger partial charge is 0.225 e. The Morgan fingerprint density at radius 3 is 2.62 bits per heavy atom. The van der Waals surface area contributed by atoms with E-state index in [0.29, 0.717) is 21.6 Å². The number of amides is 1. The average Bonchev–Trinajstić information content (AvgIpc) is 2.44. The van der Waals surface area contributed by atoms with Crippen LogP contribution < -0.4 is 11.1 Å². The predicted octanol–water partition coefficient (Wildman–Crippen LogP) is 4.82. The van der Waals surface area contributed by atoms with Gasteiger partial charge < -0.3 is 11.1 Å². The molecule has 1 amide bonds. The number of carbonyl (C=O) groups is 1. The largest absolute Gasteiger partial charge is 0.399 e. The fraction of sp³-hybridized carbons (Fsp3) is 0.188. The van der Waals surface area contributed by atoms with Crippen molar-refractivity contribution in [1.29, 1.82) is 0 Å². The molecular weight excluding hydrogens is 352 g/mol. The average molecular weight is 368 g/mol. The van der Waals surface area contributed by atoms with Gasteiger partial charge in [-0.25, -0.2) is 0 Å². The number of anilines is 2. The molecule has 0 aliphatic rings. The summed E-state index contributed by atoms with van der Waals surface area (Å²) >= 11 is 9.37. The lowest BCUT2D eigenvalue weighted by molar-refractivity contribution is -0.116. The number of benzene rings is 2. The first-order chi connectivity index (χ1) is 9.97. The van der Waals surface area contributed by atoms with E-state index in [9.17, 15) is 4.79 Å². The Balaban J connectivity index is 2.01. The maximum absolute atomic E-state index is 12.1. The molecule has 0 aliphatic heterocycles. The normalized spacial score (nSPS) is 12.0. The maximum Gasteiger partial charge on any atom is 0.225 e. The fourth-order valence-corrected chi connectivity index (χ4v) is 2.56. The van der Waals surface area contributed by atoms with Gasteiger partial charge in [0.15, 0.2) is 0 Å². The molecule has 1 atom stereocenters. The van der Waals surface area contributed by atoms with Crippen LogP contribution in [-0.2, 0) is 4.79 Å². The number of rotatable bonds is 4. The summed E-state index contributed by atoms with van der Waals surface area (Å²) in [5.41, 5.74) is 8.15. The van der Waals surface area contributed by atoms with E-state index >= 15 is 0 Å². The lowest BCUT2D eigenvalue weighted by atomic mass is 9.97. The van der Waals surface area contributed by atoms with E-state index in [0.717, 1.165) is 11.3 Å². The summed E-state index contributed by atoms with van der Waals surface area (Å²) in [5, 5.41) is 3.44. The van der Waals surface area contributed by atoms with Crippen LogP contribution in [0.15, 0.2) is 46.9 Å². The lowest BCUT2D eigenvalue weighted by Gasteiger charge is -2.13. The zero-order valence-corrected chi connectivity index (χ0v) is 13.9. The topological polar surface area (TPSA) is 55.1 Å². The van der Waals surface area contributed by atoms with Crippen molar-refractivity contribution in [3.8, 4) is 0 Å². The lowest BCUT2D eigenvalue weighted by Crippen LogP contribution is -2.14. The molecule has 0 spiro atoms. The van der Waals surface area contributed by atoms with Crippen molar-refractivity contribution in [1.82, 2.24) is 0 Å². The summed E-state index contributed by atoms with van der Waals surface area (Å²) in [6, 6.07) is 13.0. The zero-order chi connectivity index (χ0) is 15.4. The van der Waals surface area contributed by atoms with Crippen LogP contribution in [0.4, 0.5) is 11.4 Å². The number of hydrogen-bond donors (Lipinski definition) is 2. The van der Waals surface area contributed by atoms with Gasteiger partial charge in [0.05, 0.1) is 15.2 Å². The molecule has 0 radical (unpaired) electrons. The van der Waals surface area contributed by atoms with Crippen LogP contribution in [0.1, 0.15) is 24.8 Å². The van der Waals surface area contributed by atoms with E-state index in [2.05, 4.69) is 21.2 Å². The predicted molar refractivity (Wildman–Crippen MR) is 91.7 cm³/mol. The highest BCUT2D eigenvalue weighted by molar-refractivity contribution is 9.10. The van der Waals surface area contributed by atoms with E-state index in [1.165, 1.54) is 0 Å². The van der Waals surface area contributed by atoms with Crippen molar-refractivity contribution in [2.45, 2.75) is 19.3 Å². The Labute approximate surface area is 137 Å². The van der Waals surface area contributed by atoms with Crippen LogP contribution in [0.25, 0.3) is 0 Å². The minimum Gasteiger partial charge on any atom is -0.399 e. The van der Waals surface area contributed by atoms with Gasteiger partial charge in [-0.3, -0.25) is 4.79 Å². The van der Waals surface area contributed by atoms with Crippen LogP contribution in [0, 0.1) is 0 Å². The maximum atomic E-state index is 12.1. The number of hydrogen-bond acceptors (Lipinski definition) is 2. The minimum atomic E-state index is -0.0534. The molecule has 0 bridgehead atoms. The third-order valence-corrected chi connectivity index (χ3v) is 4.62. The van der Waals surface area contributed by atoms with Crippen LogP contribution in [-0.4, -0.2) is 5.91 Å². The molecule has 3 nitrogen and oxygen atoms in total. The number of nitrogens with one attached hydrogen (secondary N) is 1. The molecule has 3 N–H and O–H groups in total. The van der Waals surface area contributed by atoms with E-state index < -0.39 is 0 Å². The number of nitrogen functional groups attached to an aromatic ring is 1. The summed E-state index contributed by atoms with van der Waals surface area (Å²) in [6.45, 7) is 2.01. The quantitative estimate of drug-likeness (QED) is 0.761. The van der Waals surface area contributed by atoms with Crippen molar-refractivity contribution >= 4 is 44.8 Å². The molecule has 0 aliphatic carbocycles. The second-order valence-corrected chi connectivity index (χ2v) is 6.12. The van der Waals surface area contributed by atoms with Gasteiger partial charge in [0, 0.05) is 12.1 Å². The summed E-state index contributed by atoms with van der Waals surface area (Å²) in [4.78, 5) is 12.1. The Kier molecular flexibility index (Phi) is 5.26. The van der Waals surface area contributed by atoms with Gasteiger partial charge in [-0.05, 0) is 51.7 Å². The molecule has 2 aromatic carbocycles. The molecule has 0 aromatic heterocycles. The van der Waals surface area contributed by atoms with Gasteiger partial charge in [-0.1, -0.05) is 36.7 Å². The SMILES string of the molecule is CC(CC(=O)Nc1cccc(Cl)c1Br)c1ccc(N)cc1. The summed E-state index contributed by atoms with van der Waals surface area (Å²) in [5.74, 6) is 0.0610. The molecule has 5 heteroatoms. The van der Waals surface area contributed by atoms with Crippen LogP contribution in [0.2, 0.25) is 5.02 Å². The van der Waals surface area contributed by atoms with Gasteiger partial charge in [0.2, 0.25) is 5.91 Å². The second-order valence-electron chi connectivity index (χ2n) is 4.92. The number of carbonyl (C=O) groups excluding carboxylic acids is 1. The Hall–Kier alpha value is -1.52.